The molecule has 2 atom stereocenters. The molecule has 4 aromatic heterocycles. The van der Waals surface area contributed by atoms with E-state index >= 15 is 0 Å². The van der Waals surface area contributed by atoms with Gasteiger partial charge in [-0.25, -0.2) is 22.8 Å². The Morgan fingerprint density at radius 3 is 2.67 bits per heavy atom. The number of hydrogen-bond acceptors (Lipinski definition) is 9. The minimum Gasteiger partial charge on any atom is -0.350 e. The van der Waals surface area contributed by atoms with E-state index < -0.39 is 16.2 Å². The van der Waals surface area contributed by atoms with E-state index in [1.165, 1.54) is 23.1 Å². The van der Waals surface area contributed by atoms with Crippen LogP contribution in [-0.4, -0.2) is 63.0 Å². The quantitative estimate of drug-likeness (QED) is 0.298. The number of anilines is 2. The van der Waals surface area contributed by atoms with Gasteiger partial charge < -0.3 is 10.6 Å². The van der Waals surface area contributed by atoms with Crippen molar-refractivity contribution in [3.8, 4) is 11.1 Å². The van der Waals surface area contributed by atoms with Crippen molar-refractivity contribution in [2.75, 3.05) is 23.1 Å². The molecule has 1 aliphatic rings. The molecule has 1 fully saturated rings. The van der Waals surface area contributed by atoms with Crippen LogP contribution in [0.4, 0.5) is 16.2 Å². The molecule has 0 amide bonds. The van der Waals surface area contributed by atoms with Crippen molar-refractivity contribution < 1.29 is 12.8 Å². The average molecular weight is 556 g/mol. The second-order valence-electron chi connectivity index (χ2n) is 9.95. The van der Waals surface area contributed by atoms with Gasteiger partial charge >= 0.3 is 0 Å². The van der Waals surface area contributed by atoms with E-state index in [4.69, 9.17) is 0 Å². The minimum absolute atomic E-state index is 0.138. The topological polar surface area (TPSA) is 149 Å². The van der Waals surface area contributed by atoms with Crippen molar-refractivity contribution in [2.24, 2.45) is 7.05 Å². The van der Waals surface area contributed by atoms with Gasteiger partial charge in [0.2, 0.25) is 16.0 Å². The van der Waals surface area contributed by atoms with Gasteiger partial charge in [0.15, 0.2) is 0 Å². The van der Waals surface area contributed by atoms with Crippen molar-refractivity contribution >= 4 is 32.8 Å². The number of sulfonamides is 1. The Kier molecular flexibility index (Phi) is 7.32. The van der Waals surface area contributed by atoms with E-state index in [0.29, 0.717) is 53.2 Å². The van der Waals surface area contributed by atoms with Crippen LogP contribution in [0.15, 0.2) is 47.8 Å². The molecule has 0 spiro atoms. The van der Waals surface area contributed by atoms with Gasteiger partial charge in [0.05, 0.1) is 11.9 Å². The van der Waals surface area contributed by atoms with Crippen molar-refractivity contribution in [1.29, 1.82) is 0 Å². The summed E-state index contributed by atoms with van der Waals surface area (Å²) >= 11 is 0. The molecule has 5 heterocycles. The maximum absolute atomic E-state index is 13.8. The standard InChI is InChI=1S/C25H30FN9O3S/c1-15(2)35-23-18(10-29-25(32-23)31-20-7-19(26)11-27-12-20)6-21(24(35)36)17-4-5-22(28-9-17)33-39(37,38)14-16-8-30-34(3)13-16/h4-6,8-10,13,15,19-20,27H,7,11-12,14H2,1-3H3,(H,28,33)(H,29,31,32)/t19-,20-/m0/s1. The molecule has 5 rings (SSSR count). The number of pyridine rings is 2. The Morgan fingerprint density at radius 1 is 1.18 bits per heavy atom. The van der Waals surface area contributed by atoms with Crippen molar-refractivity contribution in [2.45, 2.75) is 44.3 Å². The summed E-state index contributed by atoms with van der Waals surface area (Å²) in [5, 5.41) is 10.8. The molecular weight excluding hydrogens is 525 g/mol. The van der Waals surface area contributed by atoms with Crippen LogP contribution in [-0.2, 0) is 22.8 Å². The fraction of sp³-hybridized carbons (Fsp3) is 0.400. The highest BCUT2D eigenvalue weighted by Crippen LogP contribution is 2.24. The fourth-order valence-electron chi connectivity index (χ4n) is 4.63. The second kappa shape index (κ2) is 10.7. The van der Waals surface area contributed by atoms with Crippen molar-refractivity contribution in [1.82, 2.24) is 34.6 Å². The van der Waals surface area contributed by atoms with Gasteiger partial charge in [-0.2, -0.15) is 10.1 Å². The largest absolute Gasteiger partial charge is 0.350 e. The van der Waals surface area contributed by atoms with E-state index in [9.17, 15) is 17.6 Å². The highest BCUT2D eigenvalue weighted by molar-refractivity contribution is 7.91. The zero-order valence-electron chi connectivity index (χ0n) is 21.8. The Morgan fingerprint density at radius 2 is 2.00 bits per heavy atom. The van der Waals surface area contributed by atoms with Crippen LogP contribution >= 0.6 is 0 Å². The summed E-state index contributed by atoms with van der Waals surface area (Å²) in [6.45, 7) is 4.70. The normalized spacial score (nSPS) is 18.0. The molecule has 1 aliphatic heterocycles. The first-order valence-electron chi connectivity index (χ1n) is 12.6. The lowest BCUT2D eigenvalue weighted by atomic mass is 10.1. The Balaban J connectivity index is 1.41. The lowest BCUT2D eigenvalue weighted by Crippen LogP contribution is -2.44. The van der Waals surface area contributed by atoms with Crippen LogP contribution in [0.5, 0.6) is 0 Å². The summed E-state index contributed by atoms with van der Waals surface area (Å²) < 4.78 is 44.4. The van der Waals surface area contributed by atoms with Crippen molar-refractivity contribution in [3.05, 3.63) is 58.9 Å². The minimum atomic E-state index is -3.70. The first-order valence-corrected chi connectivity index (χ1v) is 14.2. The number of piperidine rings is 1. The zero-order chi connectivity index (χ0) is 27.7. The Bertz CT molecular complexity index is 1650. The SMILES string of the molecule is CC(C)n1c(=O)c(-c2ccc(NS(=O)(=O)Cc3cnn(C)c3)nc2)cc2cnc(N[C@@H]3CNC[C@@H](F)C3)nc21. The van der Waals surface area contributed by atoms with Crippen LogP contribution in [0.2, 0.25) is 0 Å². The maximum Gasteiger partial charge on any atom is 0.260 e. The van der Waals surface area contributed by atoms with Crippen molar-refractivity contribution in [3.63, 3.8) is 0 Å². The third-order valence-electron chi connectivity index (χ3n) is 6.37. The number of nitrogens with one attached hydrogen (secondary N) is 3. The molecule has 0 unspecified atom stereocenters. The molecule has 4 aromatic rings. The summed E-state index contributed by atoms with van der Waals surface area (Å²) in [4.78, 5) is 26.8. The smallest absolute Gasteiger partial charge is 0.260 e. The van der Waals surface area contributed by atoms with Gasteiger partial charge in [0.1, 0.15) is 17.6 Å². The predicted molar refractivity (Wildman–Crippen MR) is 147 cm³/mol. The second-order valence-corrected chi connectivity index (χ2v) is 11.7. The number of rotatable bonds is 8. The van der Waals surface area contributed by atoms with Gasteiger partial charge in [0, 0.05) is 79.3 Å². The summed E-state index contributed by atoms with van der Waals surface area (Å²) in [6.07, 6.45) is 5.62. The molecule has 0 bridgehead atoms. The molecule has 0 radical (unpaired) electrons. The molecular formula is C25H30FN9O3S. The molecule has 3 N–H and O–H groups in total. The van der Waals surface area contributed by atoms with Gasteiger partial charge in [0.25, 0.3) is 5.56 Å². The van der Waals surface area contributed by atoms with Crippen LogP contribution in [0.1, 0.15) is 31.9 Å². The third kappa shape index (κ3) is 6.06. The maximum atomic E-state index is 13.8. The molecule has 39 heavy (non-hydrogen) atoms. The number of aryl methyl sites for hydroxylation is 1. The number of halogens is 1. The highest BCUT2D eigenvalue weighted by atomic mass is 32.2. The first kappa shape index (κ1) is 26.7. The summed E-state index contributed by atoms with van der Waals surface area (Å²) in [5.41, 5.74) is 1.65. The van der Waals surface area contributed by atoms with Gasteiger partial charge in [-0.15, -0.1) is 0 Å². The van der Waals surface area contributed by atoms with Crippen LogP contribution in [0.3, 0.4) is 0 Å². The van der Waals surface area contributed by atoms with Crippen LogP contribution in [0.25, 0.3) is 22.2 Å². The summed E-state index contributed by atoms with van der Waals surface area (Å²) in [7, 11) is -1.99. The average Bonchev–Trinajstić information content (AvgIpc) is 3.27. The van der Waals surface area contributed by atoms with Gasteiger partial charge in [-0.3, -0.25) is 18.8 Å². The lowest BCUT2D eigenvalue weighted by molar-refractivity contribution is 0.254. The van der Waals surface area contributed by atoms with E-state index in [0.717, 1.165) is 0 Å². The Labute approximate surface area is 224 Å². The van der Waals surface area contributed by atoms with E-state index in [-0.39, 0.29) is 29.2 Å². The number of hydrogen-bond donors (Lipinski definition) is 3. The van der Waals surface area contributed by atoms with Gasteiger partial charge in [-0.1, -0.05) is 0 Å². The van der Waals surface area contributed by atoms with Crippen LogP contribution < -0.4 is 20.9 Å². The zero-order valence-corrected chi connectivity index (χ0v) is 22.6. The molecule has 0 aromatic carbocycles. The fourth-order valence-corrected chi connectivity index (χ4v) is 5.73. The third-order valence-corrected chi connectivity index (χ3v) is 7.60. The van der Waals surface area contributed by atoms with E-state index in [1.54, 1.807) is 36.1 Å². The molecule has 12 nitrogen and oxygen atoms in total. The van der Waals surface area contributed by atoms with Crippen LogP contribution in [0, 0.1) is 0 Å². The van der Waals surface area contributed by atoms with Gasteiger partial charge in [-0.05, 0) is 32.0 Å². The van der Waals surface area contributed by atoms with E-state index in [2.05, 4.69) is 35.4 Å². The predicted octanol–water partition coefficient (Wildman–Crippen LogP) is 2.22. The molecule has 14 heteroatoms. The lowest BCUT2D eigenvalue weighted by Gasteiger charge is -2.26. The first-order chi connectivity index (χ1) is 18.6. The molecule has 1 saturated heterocycles. The highest BCUT2D eigenvalue weighted by Gasteiger charge is 2.22. The molecule has 206 valence electrons. The summed E-state index contributed by atoms with van der Waals surface area (Å²) in [5.74, 6) is 0.227. The number of nitrogens with zero attached hydrogens (tertiary/aromatic N) is 6. The number of fused-ring (bicyclic) bond motifs is 1. The monoisotopic (exact) mass is 555 g/mol. The summed E-state index contributed by atoms with van der Waals surface area (Å²) in [6, 6.07) is 4.49. The number of alkyl halides is 1. The molecule has 0 saturated carbocycles. The molecule has 0 aliphatic carbocycles. The van der Waals surface area contributed by atoms with E-state index in [1.807, 2.05) is 13.8 Å². The number of aromatic nitrogens is 6. The Hall–Kier alpha value is -3.91.